The first-order valence-corrected chi connectivity index (χ1v) is 5.50. The Morgan fingerprint density at radius 1 is 1.27 bits per heavy atom. The van der Waals surface area contributed by atoms with Gasteiger partial charge in [-0.1, -0.05) is 6.92 Å². The van der Waals surface area contributed by atoms with E-state index in [2.05, 4.69) is 11.8 Å². The van der Waals surface area contributed by atoms with Gasteiger partial charge in [-0.3, -0.25) is 9.80 Å². The van der Waals surface area contributed by atoms with Crippen LogP contribution in [0.3, 0.4) is 0 Å². The van der Waals surface area contributed by atoms with Crippen LogP contribution in [0.25, 0.3) is 0 Å². The van der Waals surface area contributed by atoms with Crippen molar-refractivity contribution in [1.29, 1.82) is 0 Å². The summed E-state index contributed by atoms with van der Waals surface area (Å²) in [7, 11) is 0. The highest BCUT2D eigenvalue weighted by Crippen LogP contribution is 2.29. The summed E-state index contributed by atoms with van der Waals surface area (Å²) in [4.78, 5) is 4.09. The number of nitrogens with zero attached hydrogens (tertiary/aromatic N) is 2. The Morgan fingerprint density at radius 2 is 1.93 bits per heavy atom. The lowest BCUT2D eigenvalue weighted by Gasteiger charge is -2.53. The summed E-state index contributed by atoms with van der Waals surface area (Å²) in [5, 5.41) is 0. The van der Waals surface area contributed by atoms with Gasteiger partial charge in [-0.15, -0.1) is 0 Å². The molecule has 88 valence electrons. The maximum absolute atomic E-state index is 12.1. The molecule has 2 aliphatic rings. The minimum absolute atomic E-state index is 0.114. The average Bonchev–Trinajstić information content (AvgIpc) is 2.15. The van der Waals surface area contributed by atoms with E-state index < -0.39 is 6.43 Å². The lowest BCUT2D eigenvalue weighted by atomic mass is 9.92. The van der Waals surface area contributed by atoms with Crippen molar-refractivity contribution in [3.05, 3.63) is 0 Å². The van der Waals surface area contributed by atoms with Crippen LogP contribution in [-0.4, -0.2) is 67.7 Å². The van der Waals surface area contributed by atoms with E-state index >= 15 is 0 Å². The fraction of sp³-hybridized carbons (Fsp3) is 1.00. The Bertz CT molecular complexity index is 219. The summed E-state index contributed by atoms with van der Waals surface area (Å²) in [6.07, 6.45) is -2.23. The number of hydrogen-bond donors (Lipinski definition) is 0. The van der Waals surface area contributed by atoms with Crippen molar-refractivity contribution in [3.63, 3.8) is 0 Å². The number of halogens is 2. The molecule has 0 aliphatic carbocycles. The van der Waals surface area contributed by atoms with Gasteiger partial charge in [0.15, 0.2) is 0 Å². The number of likely N-dealkylation sites (tertiary alicyclic amines) is 1. The summed E-state index contributed by atoms with van der Waals surface area (Å²) in [5.41, 5.74) is -0.150. The quantitative estimate of drug-likeness (QED) is 0.695. The molecular formula is C10H18F2N2O. The largest absolute Gasteiger partial charge is 0.370 e. The van der Waals surface area contributed by atoms with Crippen molar-refractivity contribution in [2.75, 3.05) is 45.9 Å². The van der Waals surface area contributed by atoms with Crippen LogP contribution in [0.15, 0.2) is 0 Å². The molecule has 0 bridgehead atoms. The van der Waals surface area contributed by atoms with E-state index in [1.807, 2.05) is 0 Å². The van der Waals surface area contributed by atoms with E-state index in [4.69, 9.17) is 4.74 Å². The van der Waals surface area contributed by atoms with Gasteiger partial charge in [0.25, 0.3) is 6.43 Å². The molecule has 0 aromatic heterocycles. The van der Waals surface area contributed by atoms with Crippen LogP contribution in [0.4, 0.5) is 8.78 Å². The second kappa shape index (κ2) is 4.31. The maximum Gasteiger partial charge on any atom is 0.251 e. The van der Waals surface area contributed by atoms with Crippen molar-refractivity contribution in [3.8, 4) is 0 Å². The molecule has 2 saturated heterocycles. The normalized spacial score (nSPS) is 27.2. The van der Waals surface area contributed by atoms with E-state index in [-0.39, 0.29) is 12.1 Å². The summed E-state index contributed by atoms with van der Waals surface area (Å²) >= 11 is 0. The van der Waals surface area contributed by atoms with Gasteiger partial charge in [0, 0.05) is 26.2 Å². The van der Waals surface area contributed by atoms with Crippen LogP contribution in [0.1, 0.15) is 6.92 Å². The molecule has 2 heterocycles. The third kappa shape index (κ3) is 2.46. The second-order valence-electron chi connectivity index (χ2n) is 4.46. The van der Waals surface area contributed by atoms with E-state index in [0.717, 1.165) is 26.2 Å². The van der Waals surface area contributed by atoms with E-state index in [9.17, 15) is 8.78 Å². The maximum atomic E-state index is 12.1. The number of ether oxygens (including phenoxy) is 1. The van der Waals surface area contributed by atoms with Crippen molar-refractivity contribution in [2.24, 2.45) is 0 Å². The van der Waals surface area contributed by atoms with Gasteiger partial charge in [-0.2, -0.15) is 0 Å². The first kappa shape index (κ1) is 11.2. The van der Waals surface area contributed by atoms with E-state index in [0.29, 0.717) is 13.1 Å². The van der Waals surface area contributed by atoms with Crippen LogP contribution >= 0.6 is 0 Å². The topological polar surface area (TPSA) is 15.7 Å². The van der Waals surface area contributed by atoms with Crippen LogP contribution < -0.4 is 0 Å². The minimum Gasteiger partial charge on any atom is -0.370 e. The van der Waals surface area contributed by atoms with Gasteiger partial charge in [0.05, 0.1) is 13.2 Å². The zero-order valence-corrected chi connectivity index (χ0v) is 9.09. The molecule has 0 radical (unpaired) electrons. The van der Waals surface area contributed by atoms with Gasteiger partial charge >= 0.3 is 0 Å². The van der Waals surface area contributed by atoms with Gasteiger partial charge in [-0.05, 0) is 6.54 Å². The number of rotatable bonds is 3. The zero-order chi connectivity index (χ0) is 10.9. The number of morpholine rings is 1. The van der Waals surface area contributed by atoms with Crippen LogP contribution in [-0.2, 0) is 4.74 Å². The first-order chi connectivity index (χ1) is 7.13. The highest BCUT2D eigenvalue weighted by molar-refractivity contribution is 5.01. The Balaban J connectivity index is 1.80. The van der Waals surface area contributed by atoms with Crippen molar-refractivity contribution in [2.45, 2.75) is 19.0 Å². The summed E-state index contributed by atoms with van der Waals surface area (Å²) in [5.74, 6) is 0. The lowest BCUT2D eigenvalue weighted by Crippen LogP contribution is -2.70. The van der Waals surface area contributed by atoms with Crippen LogP contribution in [0.2, 0.25) is 0 Å². The summed E-state index contributed by atoms with van der Waals surface area (Å²) in [6.45, 7) is 6.93. The number of likely N-dealkylation sites (N-methyl/N-ethyl adjacent to an activating group) is 1. The second-order valence-corrected chi connectivity index (χ2v) is 4.46. The van der Waals surface area contributed by atoms with Crippen LogP contribution in [0, 0.1) is 0 Å². The molecule has 2 rings (SSSR count). The van der Waals surface area contributed by atoms with Gasteiger partial charge in [0.1, 0.15) is 5.60 Å². The molecule has 1 spiro atoms. The first-order valence-electron chi connectivity index (χ1n) is 5.50. The van der Waals surface area contributed by atoms with Crippen molar-refractivity contribution < 1.29 is 13.5 Å². The van der Waals surface area contributed by atoms with Crippen molar-refractivity contribution >= 4 is 0 Å². The minimum atomic E-state index is -2.23. The highest BCUT2D eigenvalue weighted by Gasteiger charge is 2.47. The van der Waals surface area contributed by atoms with Crippen LogP contribution in [0.5, 0.6) is 0 Å². The lowest BCUT2D eigenvalue weighted by molar-refractivity contribution is -0.188. The molecule has 0 amide bonds. The smallest absolute Gasteiger partial charge is 0.251 e. The Labute approximate surface area is 89.0 Å². The SMILES string of the molecule is CCN1CCOC2(C1)CN(CC(F)F)C2. The standard InChI is InChI=1S/C10H18F2N2O/c1-2-13-3-4-15-10(6-13)7-14(8-10)5-9(11)12/h9H,2-8H2,1H3. The molecule has 0 aromatic carbocycles. The Hall–Kier alpha value is -0.260. The van der Waals surface area contributed by atoms with Gasteiger partial charge < -0.3 is 4.74 Å². The number of alkyl halides is 2. The highest BCUT2D eigenvalue weighted by atomic mass is 19.3. The average molecular weight is 220 g/mol. The third-order valence-electron chi connectivity index (χ3n) is 3.19. The van der Waals surface area contributed by atoms with E-state index in [1.165, 1.54) is 0 Å². The van der Waals surface area contributed by atoms with Gasteiger partial charge in [0.2, 0.25) is 0 Å². The molecule has 3 nitrogen and oxygen atoms in total. The van der Waals surface area contributed by atoms with Crippen molar-refractivity contribution in [1.82, 2.24) is 9.80 Å². The van der Waals surface area contributed by atoms with E-state index in [1.54, 1.807) is 4.90 Å². The Morgan fingerprint density at radius 3 is 2.53 bits per heavy atom. The monoisotopic (exact) mass is 220 g/mol. The fourth-order valence-electron chi connectivity index (χ4n) is 2.48. The molecule has 2 aliphatic heterocycles. The third-order valence-corrected chi connectivity index (χ3v) is 3.19. The molecule has 5 heteroatoms. The molecule has 0 unspecified atom stereocenters. The predicted molar refractivity (Wildman–Crippen MR) is 53.2 cm³/mol. The molecule has 2 fully saturated rings. The number of hydrogen-bond acceptors (Lipinski definition) is 3. The molecule has 0 saturated carbocycles. The predicted octanol–water partition coefficient (Wildman–Crippen LogP) is 0.658. The molecule has 15 heavy (non-hydrogen) atoms. The Kier molecular flexibility index (Phi) is 3.23. The van der Waals surface area contributed by atoms with Gasteiger partial charge in [-0.25, -0.2) is 8.78 Å². The molecule has 0 N–H and O–H groups in total. The summed E-state index contributed by atoms with van der Waals surface area (Å²) in [6, 6.07) is 0. The molecular weight excluding hydrogens is 202 g/mol. The fourth-order valence-corrected chi connectivity index (χ4v) is 2.48. The molecule has 0 atom stereocenters. The summed E-state index contributed by atoms with van der Waals surface area (Å²) < 4.78 is 29.9. The zero-order valence-electron chi connectivity index (χ0n) is 9.09. The molecule has 0 aromatic rings.